The number of benzene rings is 1. The van der Waals surface area contributed by atoms with Gasteiger partial charge in [0.05, 0.1) is 17.3 Å². The Labute approximate surface area is 190 Å². The molecule has 8 heteroatoms. The quantitative estimate of drug-likeness (QED) is 0.144. The van der Waals surface area contributed by atoms with Crippen LogP contribution in [0.3, 0.4) is 0 Å². The molecule has 4 atom stereocenters. The van der Waals surface area contributed by atoms with Crippen LogP contribution in [0.25, 0.3) is 6.08 Å². The summed E-state index contributed by atoms with van der Waals surface area (Å²) in [5.74, 6) is 0.910. The SMILES string of the molecule is CC(C)C[C@@H](C(=O)NN)[C@H](C(=O)NO)C(/C=C/c1ccccc1)(CC(C)C)C(=O)[C@@H](C)O. The molecule has 0 aromatic heterocycles. The van der Waals surface area contributed by atoms with E-state index in [0.29, 0.717) is 0 Å². The molecule has 6 N–H and O–H groups in total. The Morgan fingerprint density at radius 2 is 1.62 bits per heavy atom. The van der Waals surface area contributed by atoms with Crippen LogP contribution in [0.5, 0.6) is 0 Å². The number of aliphatic hydroxyl groups excluding tert-OH is 1. The van der Waals surface area contributed by atoms with Crippen LogP contribution in [0.15, 0.2) is 36.4 Å². The van der Waals surface area contributed by atoms with Gasteiger partial charge in [-0.1, -0.05) is 70.2 Å². The second-order valence-corrected chi connectivity index (χ2v) is 9.12. The monoisotopic (exact) mass is 447 g/mol. The van der Waals surface area contributed by atoms with Gasteiger partial charge in [0.25, 0.3) is 0 Å². The Hall–Kier alpha value is -2.55. The molecule has 0 aliphatic heterocycles. The van der Waals surface area contributed by atoms with Gasteiger partial charge in [0.15, 0.2) is 5.78 Å². The third-order valence-corrected chi connectivity index (χ3v) is 5.51. The van der Waals surface area contributed by atoms with Crippen LogP contribution in [0, 0.1) is 29.1 Å². The molecule has 0 fully saturated rings. The Morgan fingerprint density at radius 1 is 1.03 bits per heavy atom. The predicted octanol–water partition coefficient (Wildman–Crippen LogP) is 2.46. The highest BCUT2D eigenvalue weighted by molar-refractivity contribution is 5.98. The van der Waals surface area contributed by atoms with Gasteiger partial charge in [-0.15, -0.1) is 0 Å². The molecule has 0 radical (unpaired) electrons. The fraction of sp³-hybridized carbons (Fsp3) is 0.542. The fourth-order valence-electron chi connectivity index (χ4n) is 4.36. The first-order valence-electron chi connectivity index (χ1n) is 10.9. The van der Waals surface area contributed by atoms with Crippen LogP contribution in [0.2, 0.25) is 0 Å². The molecule has 0 saturated heterocycles. The number of aliphatic hydroxyl groups is 1. The van der Waals surface area contributed by atoms with Gasteiger partial charge in [-0.05, 0) is 37.2 Å². The number of rotatable bonds is 12. The zero-order valence-electron chi connectivity index (χ0n) is 19.5. The topological polar surface area (TPSA) is 142 Å². The zero-order valence-corrected chi connectivity index (χ0v) is 19.5. The van der Waals surface area contributed by atoms with Gasteiger partial charge >= 0.3 is 0 Å². The number of hydrogen-bond donors (Lipinski definition) is 5. The van der Waals surface area contributed by atoms with E-state index in [1.165, 1.54) is 6.92 Å². The Balaban J connectivity index is 3.88. The maximum atomic E-state index is 13.6. The number of hydrazine groups is 1. The number of ketones is 1. The largest absolute Gasteiger partial charge is 0.386 e. The molecule has 0 saturated carbocycles. The molecule has 178 valence electrons. The molecule has 0 heterocycles. The number of carbonyl (C=O) groups is 3. The van der Waals surface area contributed by atoms with E-state index in [9.17, 15) is 24.7 Å². The van der Waals surface area contributed by atoms with Crippen molar-refractivity contribution in [3.63, 3.8) is 0 Å². The highest BCUT2D eigenvalue weighted by atomic mass is 16.5. The number of hydrogen-bond acceptors (Lipinski definition) is 6. The van der Waals surface area contributed by atoms with Gasteiger partial charge in [-0.2, -0.15) is 0 Å². The van der Waals surface area contributed by atoms with Gasteiger partial charge in [-0.25, -0.2) is 11.3 Å². The van der Waals surface area contributed by atoms with Crippen LogP contribution in [0.1, 0.15) is 53.0 Å². The summed E-state index contributed by atoms with van der Waals surface area (Å²) in [7, 11) is 0. The minimum absolute atomic E-state index is 0.0113. The molecule has 1 aromatic carbocycles. The van der Waals surface area contributed by atoms with E-state index < -0.39 is 41.0 Å². The lowest BCUT2D eigenvalue weighted by Gasteiger charge is -2.41. The summed E-state index contributed by atoms with van der Waals surface area (Å²) < 4.78 is 0. The summed E-state index contributed by atoms with van der Waals surface area (Å²) in [6.07, 6.45) is 2.31. The van der Waals surface area contributed by atoms with E-state index in [4.69, 9.17) is 5.84 Å². The number of allylic oxidation sites excluding steroid dienone is 1. The van der Waals surface area contributed by atoms with E-state index in [2.05, 4.69) is 5.43 Å². The molecule has 0 aliphatic rings. The molecule has 32 heavy (non-hydrogen) atoms. The van der Waals surface area contributed by atoms with Gasteiger partial charge < -0.3 is 5.11 Å². The molecular formula is C24H37N3O5. The first-order chi connectivity index (χ1) is 15.0. The number of amides is 2. The molecule has 0 aliphatic carbocycles. The molecule has 1 rings (SSSR count). The first-order valence-corrected chi connectivity index (χ1v) is 10.9. The van der Waals surface area contributed by atoms with E-state index in [0.717, 1.165) is 5.56 Å². The minimum Gasteiger partial charge on any atom is -0.386 e. The second kappa shape index (κ2) is 12.5. The molecule has 0 spiro atoms. The van der Waals surface area contributed by atoms with Crippen LogP contribution < -0.4 is 16.7 Å². The summed E-state index contributed by atoms with van der Waals surface area (Å²) in [6, 6.07) is 9.20. The van der Waals surface area contributed by atoms with Crippen molar-refractivity contribution in [1.82, 2.24) is 10.9 Å². The second-order valence-electron chi connectivity index (χ2n) is 9.12. The zero-order chi connectivity index (χ0) is 24.5. The fourth-order valence-corrected chi connectivity index (χ4v) is 4.36. The van der Waals surface area contributed by atoms with Crippen molar-refractivity contribution < 1.29 is 24.7 Å². The Morgan fingerprint density at radius 3 is 2.06 bits per heavy atom. The van der Waals surface area contributed by atoms with E-state index in [1.54, 1.807) is 17.6 Å². The van der Waals surface area contributed by atoms with Crippen molar-refractivity contribution >= 4 is 23.7 Å². The molecule has 1 unspecified atom stereocenters. The molecular weight excluding hydrogens is 410 g/mol. The van der Waals surface area contributed by atoms with Crippen LogP contribution in [0.4, 0.5) is 0 Å². The van der Waals surface area contributed by atoms with E-state index in [1.807, 2.05) is 58.0 Å². The summed E-state index contributed by atoms with van der Waals surface area (Å²) in [5, 5.41) is 19.9. The Kier molecular flexibility index (Phi) is 10.7. The number of nitrogens with two attached hydrogens (primary N) is 1. The maximum Gasteiger partial charge on any atom is 0.248 e. The third kappa shape index (κ3) is 6.98. The van der Waals surface area contributed by atoms with Gasteiger partial charge in [0.1, 0.15) is 6.10 Å². The lowest BCUT2D eigenvalue weighted by atomic mass is 9.60. The number of Topliss-reactive ketones (excluding diaryl/α,β-unsaturated/α-hetero) is 1. The molecule has 1 aromatic rings. The van der Waals surface area contributed by atoms with Gasteiger partial charge in [0.2, 0.25) is 11.8 Å². The molecule has 2 amide bonds. The molecule has 8 nitrogen and oxygen atoms in total. The summed E-state index contributed by atoms with van der Waals surface area (Å²) in [6.45, 7) is 8.86. The highest BCUT2D eigenvalue weighted by Gasteiger charge is 2.53. The van der Waals surface area contributed by atoms with Crippen LogP contribution >= 0.6 is 0 Å². The normalized spacial score (nSPS) is 16.4. The van der Waals surface area contributed by atoms with E-state index >= 15 is 0 Å². The van der Waals surface area contributed by atoms with Crippen molar-refractivity contribution in [2.75, 3.05) is 0 Å². The molecule has 0 bridgehead atoms. The number of carbonyl (C=O) groups excluding carboxylic acids is 3. The van der Waals surface area contributed by atoms with Crippen LogP contribution in [-0.2, 0) is 14.4 Å². The smallest absolute Gasteiger partial charge is 0.248 e. The Bertz CT molecular complexity index is 792. The minimum atomic E-state index is -1.57. The maximum absolute atomic E-state index is 13.6. The average Bonchev–Trinajstić information content (AvgIpc) is 2.75. The van der Waals surface area contributed by atoms with E-state index in [-0.39, 0.29) is 24.7 Å². The lowest BCUT2D eigenvalue weighted by Crippen LogP contribution is -2.55. The van der Waals surface area contributed by atoms with Crippen molar-refractivity contribution in [3.05, 3.63) is 42.0 Å². The lowest BCUT2D eigenvalue weighted by molar-refractivity contribution is -0.154. The van der Waals surface area contributed by atoms with Crippen molar-refractivity contribution in [3.8, 4) is 0 Å². The first kappa shape index (κ1) is 27.5. The van der Waals surface area contributed by atoms with Crippen molar-refractivity contribution in [2.45, 2.75) is 53.6 Å². The number of nitrogens with one attached hydrogen (secondary N) is 2. The van der Waals surface area contributed by atoms with Gasteiger partial charge in [-0.3, -0.25) is 25.0 Å². The summed E-state index contributed by atoms with van der Waals surface area (Å²) in [4.78, 5) is 39.4. The standard InChI is InChI=1S/C24H37N3O5/c1-15(2)13-19(22(30)26-25)20(23(31)27-32)24(14-16(3)4,21(29)17(5)28)12-11-18-9-7-6-8-10-18/h6-12,15-17,19-20,28,32H,13-14,25H2,1-5H3,(H,26,30)(H,27,31)/b12-11+/t17-,19-,20-,24?/m1/s1. The summed E-state index contributed by atoms with van der Waals surface area (Å²) >= 11 is 0. The van der Waals surface area contributed by atoms with Crippen molar-refractivity contribution in [2.24, 2.45) is 34.9 Å². The predicted molar refractivity (Wildman–Crippen MR) is 123 cm³/mol. The third-order valence-electron chi connectivity index (χ3n) is 5.51. The van der Waals surface area contributed by atoms with Crippen LogP contribution in [-0.4, -0.2) is 34.0 Å². The highest BCUT2D eigenvalue weighted by Crippen LogP contribution is 2.45. The van der Waals surface area contributed by atoms with Gasteiger partial charge in [0, 0.05) is 0 Å². The summed E-state index contributed by atoms with van der Waals surface area (Å²) in [5.41, 5.74) is 2.95. The number of hydroxylamine groups is 1. The average molecular weight is 448 g/mol. The van der Waals surface area contributed by atoms with Crippen molar-refractivity contribution in [1.29, 1.82) is 0 Å².